The molecule has 16 heavy (non-hydrogen) atoms. The summed E-state index contributed by atoms with van der Waals surface area (Å²) in [6, 6.07) is 0. The summed E-state index contributed by atoms with van der Waals surface area (Å²) in [5.74, 6) is -3.40. The number of carboxylic acid groups (broad SMARTS) is 1. The fourth-order valence-electron chi connectivity index (χ4n) is 0.634. The first-order valence-corrected chi connectivity index (χ1v) is 4.24. The van der Waals surface area contributed by atoms with Crippen LogP contribution in [0.2, 0.25) is 0 Å². The number of carbonyl (C=O) groups is 2. The average molecular weight is 242 g/mol. The Kier molecular flexibility index (Phi) is 3.61. The molecule has 0 aromatic rings. The van der Waals surface area contributed by atoms with Crippen LogP contribution >= 0.6 is 0 Å². The number of hydrogen-bond donors (Lipinski definition) is 3. The largest absolute Gasteiger partial charge is 0.479 e. The lowest BCUT2D eigenvalue weighted by Gasteiger charge is -2.31. The van der Waals surface area contributed by atoms with Crippen molar-refractivity contribution in [2.75, 3.05) is 0 Å². The van der Waals surface area contributed by atoms with Crippen molar-refractivity contribution in [1.29, 1.82) is 0 Å². The minimum absolute atomic E-state index is 0.360. The molecule has 0 aromatic heterocycles. The molecule has 0 radical (unpaired) electrons. The van der Waals surface area contributed by atoms with Gasteiger partial charge in [-0.15, -0.1) is 0 Å². The summed E-state index contributed by atoms with van der Waals surface area (Å²) in [6.45, 7) is 2.70. The number of aliphatic carboxylic acids is 1. The molecule has 0 aliphatic carbocycles. The van der Waals surface area contributed by atoms with E-state index in [1.165, 1.54) is 19.2 Å². The number of nitrogens with two attached hydrogens (primary N) is 1. The van der Waals surface area contributed by atoms with Gasteiger partial charge in [0.1, 0.15) is 0 Å². The van der Waals surface area contributed by atoms with Gasteiger partial charge >= 0.3 is 12.1 Å². The van der Waals surface area contributed by atoms with Gasteiger partial charge in [-0.2, -0.15) is 13.2 Å². The highest BCUT2D eigenvalue weighted by atomic mass is 19.4. The Morgan fingerprint density at radius 2 is 1.56 bits per heavy atom. The molecular weight excluding hydrogens is 229 g/mol. The van der Waals surface area contributed by atoms with Crippen LogP contribution in [0.15, 0.2) is 0 Å². The maximum absolute atomic E-state index is 12.5. The number of alkyl halides is 3. The third kappa shape index (κ3) is 2.84. The van der Waals surface area contributed by atoms with E-state index in [-0.39, 0.29) is 0 Å². The first-order valence-electron chi connectivity index (χ1n) is 4.24. The molecule has 0 rings (SSSR count). The molecule has 1 amide bonds. The molecule has 0 bridgehead atoms. The van der Waals surface area contributed by atoms with Crippen LogP contribution in [0, 0.1) is 0 Å². The SMILES string of the molecule is CC(C)(N)C(=O)NC(C)(C(=O)O)C(F)(F)F. The summed E-state index contributed by atoms with van der Waals surface area (Å²) in [5.41, 5.74) is 0.315. The Morgan fingerprint density at radius 1 is 1.19 bits per heavy atom. The lowest BCUT2D eigenvalue weighted by atomic mass is 9.98. The Bertz CT molecular complexity index is 309. The molecule has 0 spiro atoms. The van der Waals surface area contributed by atoms with Crippen LogP contribution in [0.25, 0.3) is 0 Å². The van der Waals surface area contributed by atoms with E-state index in [1.807, 2.05) is 0 Å². The van der Waals surface area contributed by atoms with Crippen molar-refractivity contribution in [3.63, 3.8) is 0 Å². The fraction of sp³-hybridized carbons (Fsp3) is 0.750. The van der Waals surface area contributed by atoms with E-state index >= 15 is 0 Å². The topological polar surface area (TPSA) is 92.4 Å². The monoisotopic (exact) mass is 242 g/mol. The molecule has 0 aliphatic rings. The third-order valence-electron chi connectivity index (χ3n) is 1.94. The van der Waals surface area contributed by atoms with Crippen molar-refractivity contribution in [3.8, 4) is 0 Å². The van der Waals surface area contributed by atoms with Gasteiger partial charge in [0, 0.05) is 0 Å². The van der Waals surface area contributed by atoms with Crippen LogP contribution in [0.4, 0.5) is 13.2 Å². The zero-order valence-electron chi connectivity index (χ0n) is 8.97. The maximum Gasteiger partial charge on any atom is 0.422 e. The van der Waals surface area contributed by atoms with Gasteiger partial charge in [0.2, 0.25) is 11.4 Å². The molecule has 8 heteroatoms. The predicted octanol–water partition coefficient (Wildman–Crippen LogP) is 0.245. The Labute approximate surface area is 89.8 Å². The summed E-state index contributed by atoms with van der Waals surface area (Å²) in [5, 5.41) is 9.89. The zero-order valence-corrected chi connectivity index (χ0v) is 8.97. The summed E-state index contributed by atoms with van der Waals surface area (Å²) in [6.07, 6.45) is -5.11. The van der Waals surface area contributed by atoms with Gasteiger partial charge in [-0.3, -0.25) is 4.79 Å². The fourth-order valence-corrected chi connectivity index (χ4v) is 0.634. The van der Waals surface area contributed by atoms with Crippen molar-refractivity contribution in [2.24, 2.45) is 5.73 Å². The lowest BCUT2D eigenvalue weighted by Crippen LogP contribution is -2.66. The second-order valence-electron chi connectivity index (χ2n) is 4.10. The number of carbonyl (C=O) groups excluding carboxylic acids is 1. The second-order valence-corrected chi connectivity index (χ2v) is 4.10. The first kappa shape index (κ1) is 14.7. The van der Waals surface area contributed by atoms with E-state index in [1.54, 1.807) is 0 Å². The summed E-state index contributed by atoms with van der Waals surface area (Å²) in [4.78, 5) is 21.8. The Hall–Kier alpha value is -1.31. The number of rotatable bonds is 3. The number of carboxylic acids is 1. The highest BCUT2D eigenvalue weighted by Crippen LogP contribution is 2.30. The van der Waals surface area contributed by atoms with Crippen molar-refractivity contribution >= 4 is 11.9 Å². The molecule has 94 valence electrons. The van der Waals surface area contributed by atoms with Crippen molar-refractivity contribution in [3.05, 3.63) is 0 Å². The minimum atomic E-state index is -5.11. The quantitative estimate of drug-likeness (QED) is 0.661. The van der Waals surface area contributed by atoms with Crippen molar-refractivity contribution < 1.29 is 27.9 Å². The van der Waals surface area contributed by atoms with Gasteiger partial charge in [0.15, 0.2) is 0 Å². The van der Waals surface area contributed by atoms with E-state index in [9.17, 15) is 22.8 Å². The van der Waals surface area contributed by atoms with Crippen LogP contribution in [-0.4, -0.2) is 34.2 Å². The molecule has 4 N–H and O–H groups in total. The molecule has 5 nitrogen and oxygen atoms in total. The molecule has 0 heterocycles. The van der Waals surface area contributed by atoms with Gasteiger partial charge in [0.05, 0.1) is 5.54 Å². The third-order valence-corrected chi connectivity index (χ3v) is 1.94. The van der Waals surface area contributed by atoms with E-state index in [2.05, 4.69) is 0 Å². The highest BCUT2D eigenvalue weighted by molar-refractivity contribution is 5.91. The van der Waals surface area contributed by atoms with Gasteiger partial charge in [-0.25, -0.2) is 4.79 Å². The number of amides is 1. The smallest absolute Gasteiger partial charge is 0.422 e. The maximum atomic E-state index is 12.5. The number of nitrogens with one attached hydrogen (secondary N) is 1. The van der Waals surface area contributed by atoms with E-state index in [4.69, 9.17) is 10.8 Å². The minimum Gasteiger partial charge on any atom is -0.479 e. The van der Waals surface area contributed by atoms with Crippen LogP contribution < -0.4 is 11.1 Å². The molecule has 0 saturated heterocycles. The van der Waals surface area contributed by atoms with Crippen molar-refractivity contribution in [2.45, 2.75) is 38.0 Å². The van der Waals surface area contributed by atoms with Gasteiger partial charge < -0.3 is 16.2 Å². The normalized spacial score (nSPS) is 16.4. The zero-order chi connectivity index (χ0) is 13.4. The van der Waals surface area contributed by atoms with Crippen LogP contribution in [0.1, 0.15) is 20.8 Å². The lowest BCUT2D eigenvalue weighted by molar-refractivity contribution is -0.207. The average Bonchev–Trinajstić information content (AvgIpc) is 1.99. The van der Waals surface area contributed by atoms with Crippen LogP contribution in [-0.2, 0) is 9.59 Å². The van der Waals surface area contributed by atoms with Crippen LogP contribution in [0.3, 0.4) is 0 Å². The predicted molar refractivity (Wildman–Crippen MR) is 48.5 cm³/mol. The first-order chi connectivity index (χ1) is 6.82. The molecule has 0 saturated carbocycles. The number of hydrogen-bond acceptors (Lipinski definition) is 3. The van der Waals surface area contributed by atoms with E-state index in [0.29, 0.717) is 6.92 Å². The summed E-state index contributed by atoms with van der Waals surface area (Å²) < 4.78 is 37.4. The Balaban J connectivity index is 5.15. The molecule has 0 aliphatic heterocycles. The summed E-state index contributed by atoms with van der Waals surface area (Å²) in [7, 11) is 0. The van der Waals surface area contributed by atoms with Crippen molar-refractivity contribution in [1.82, 2.24) is 5.32 Å². The Morgan fingerprint density at radius 3 is 1.75 bits per heavy atom. The molecule has 1 unspecified atom stereocenters. The molecular formula is C8H13F3N2O3. The summed E-state index contributed by atoms with van der Waals surface area (Å²) >= 11 is 0. The van der Waals surface area contributed by atoms with E-state index in [0.717, 1.165) is 0 Å². The molecule has 0 fully saturated rings. The highest BCUT2D eigenvalue weighted by Gasteiger charge is 2.59. The van der Waals surface area contributed by atoms with E-state index < -0.39 is 29.1 Å². The standard InChI is InChI=1S/C8H13F3N2O3/c1-6(2,12)4(14)13-7(3,5(15)16)8(9,10)11/h12H2,1-3H3,(H,13,14)(H,15,16). The second kappa shape index (κ2) is 3.93. The molecule has 0 aromatic carbocycles. The van der Waals surface area contributed by atoms with Gasteiger partial charge in [-0.05, 0) is 20.8 Å². The molecule has 1 atom stereocenters. The van der Waals surface area contributed by atoms with Crippen LogP contribution in [0.5, 0.6) is 0 Å². The van der Waals surface area contributed by atoms with Gasteiger partial charge in [0.25, 0.3) is 0 Å². The van der Waals surface area contributed by atoms with Gasteiger partial charge in [-0.1, -0.05) is 0 Å². The number of halogens is 3.